The summed E-state index contributed by atoms with van der Waals surface area (Å²) in [5, 5.41) is 8.28. The summed E-state index contributed by atoms with van der Waals surface area (Å²) in [5.74, 6) is -1.51. The van der Waals surface area contributed by atoms with Crippen molar-refractivity contribution in [2.45, 2.75) is 90.3 Å². The molecule has 1 saturated carbocycles. The number of aromatic nitrogens is 1. The number of nitrogens with two attached hydrogens (primary N) is 1. The molecule has 1 heterocycles. The van der Waals surface area contributed by atoms with Crippen LogP contribution in [0.5, 0.6) is 0 Å². The molecular formula is C25H39N5O6. The number of amides is 3. The molecule has 2 rings (SSSR count). The van der Waals surface area contributed by atoms with Gasteiger partial charge in [0.15, 0.2) is 0 Å². The number of esters is 1. The van der Waals surface area contributed by atoms with Gasteiger partial charge < -0.3 is 31.2 Å². The summed E-state index contributed by atoms with van der Waals surface area (Å²) >= 11 is 0. The van der Waals surface area contributed by atoms with E-state index in [1.807, 2.05) is 0 Å². The first kappa shape index (κ1) is 28.9. The lowest BCUT2D eigenvalue weighted by Crippen LogP contribution is -2.57. The molecule has 1 aliphatic rings. The SMILES string of the molecule is COC(=O)c1cncc(NC(=O)CC(C)(C)NC(=O)[C@@H](NC(=O)OC(C)(C)C)C2CCCCC2)c1N. The molecule has 3 amide bonds. The summed E-state index contributed by atoms with van der Waals surface area (Å²) < 4.78 is 10.0. The maximum atomic E-state index is 13.3. The third-order valence-corrected chi connectivity index (χ3v) is 5.81. The lowest BCUT2D eigenvalue weighted by molar-refractivity contribution is -0.127. The largest absolute Gasteiger partial charge is 0.465 e. The Morgan fingerprint density at radius 2 is 1.72 bits per heavy atom. The molecule has 11 nitrogen and oxygen atoms in total. The summed E-state index contributed by atoms with van der Waals surface area (Å²) in [5.41, 5.74) is 4.57. The molecular weight excluding hydrogens is 466 g/mol. The summed E-state index contributed by atoms with van der Waals surface area (Å²) in [7, 11) is 1.22. The molecule has 11 heteroatoms. The van der Waals surface area contributed by atoms with Crippen LogP contribution in [-0.4, -0.2) is 53.2 Å². The molecule has 1 atom stereocenters. The van der Waals surface area contributed by atoms with E-state index in [1.165, 1.54) is 19.5 Å². The quantitative estimate of drug-likeness (QED) is 0.392. The van der Waals surface area contributed by atoms with Crippen molar-refractivity contribution in [1.29, 1.82) is 0 Å². The Kier molecular flexibility index (Phi) is 9.66. The van der Waals surface area contributed by atoms with Crippen molar-refractivity contribution in [1.82, 2.24) is 15.6 Å². The topological polar surface area (TPSA) is 162 Å². The van der Waals surface area contributed by atoms with Crippen LogP contribution in [0.25, 0.3) is 0 Å². The van der Waals surface area contributed by atoms with E-state index >= 15 is 0 Å². The third kappa shape index (κ3) is 8.69. The number of hydrogen-bond donors (Lipinski definition) is 4. The number of methoxy groups -OCH3 is 1. The predicted octanol–water partition coefficient (Wildman–Crippen LogP) is 3.15. The Bertz CT molecular complexity index is 966. The minimum atomic E-state index is -0.953. The molecule has 1 aliphatic carbocycles. The number of hydrogen-bond acceptors (Lipinski definition) is 8. The van der Waals surface area contributed by atoms with Gasteiger partial charge in [0.1, 0.15) is 17.2 Å². The molecule has 0 bridgehead atoms. The second-order valence-electron chi connectivity index (χ2n) is 10.8. The number of carbonyl (C=O) groups is 4. The Morgan fingerprint density at radius 1 is 1.08 bits per heavy atom. The molecule has 36 heavy (non-hydrogen) atoms. The van der Waals surface area contributed by atoms with Crippen molar-refractivity contribution in [2.24, 2.45) is 5.92 Å². The summed E-state index contributed by atoms with van der Waals surface area (Å²) in [6.07, 6.45) is 6.53. The molecule has 1 aromatic rings. The van der Waals surface area contributed by atoms with Crippen LogP contribution in [0.4, 0.5) is 16.2 Å². The smallest absolute Gasteiger partial charge is 0.408 e. The van der Waals surface area contributed by atoms with Gasteiger partial charge in [-0.1, -0.05) is 19.3 Å². The van der Waals surface area contributed by atoms with Gasteiger partial charge in [-0.15, -0.1) is 0 Å². The molecule has 0 aliphatic heterocycles. The molecule has 0 aromatic carbocycles. The zero-order chi connectivity index (χ0) is 27.1. The van der Waals surface area contributed by atoms with Gasteiger partial charge in [0.2, 0.25) is 11.8 Å². The van der Waals surface area contributed by atoms with E-state index in [-0.39, 0.29) is 35.2 Å². The highest BCUT2D eigenvalue weighted by Gasteiger charge is 2.35. The van der Waals surface area contributed by atoms with E-state index in [4.69, 9.17) is 10.5 Å². The van der Waals surface area contributed by atoms with E-state index in [9.17, 15) is 19.2 Å². The van der Waals surface area contributed by atoms with Crippen LogP contribution in [0.2, 0.25) is 0 Å². The summed E-state index contributed by atoms with van der Waals surface area (Å²) in [6, 6.07) is -0.779. The fraction of sp³-hybridized carbons (Fsp3) is 0.640. The first-order valence-electron chi connectivity index (χ1n) is 12.2. The van der Waals surface area contributed by atoms with Crippen molar-refractivity contribution in [2.75, 3.05) is 18.2 Å². The normalized spacial score (nSPS) is 15.4. The predicted molar refractivity (Wildman–Crippen MR) is 135 cm³/mol. The molecule has 1 fully saturated rings. The maximum absolute atomic E-state index is 13.3. The van der Waals surface area contributed by atoms with Gasteiger partial charge in [-0.25, -0.2) is 9.59 Å². The number of ether oxygens (including phenoxy) is 2. The first-order valence-corrected chi connectivity index (χ1v) is 12.2. The van der Waals surface area contributed by atoms with Crippen molar-refractivity contribution in [3.8, 4) is 0 Å². The molecule has 200 valence electrons. The van der Waals surface area contributed by atoms with Crippen molar-refractivity contribution < 1.29 is 28.7 Å². The minimum absolute atomic E-state index is 0.0252. The molecule has 5 N–H and O–H groups in total. The van der Waals surface area contributed by atoms with E-state index in [1.54, 1.807) is 34.6 Å². The Balaban J connectivity index is 2.09. The number of pyridine rings is 1. The van der Waals surface area contributed by atoms with Gasteiger partial charge in [-0.2, -0.15) is 0 Å². The lowest BCUT2D eigenvalue weighted by Gasteiger charge is -2.34. The molecule has 0 unspecified atom stereocenters. The molecule has 0 saturated heterocycles. The van der Waals surface area contributed by atoms with Crippen LogP contribution in [0, 0.1) is 5.92 Å². The molecule has 0 radical (unpaired) electrons. The highest BCUT2D eigenvalue weighted by Crippen LogP contribution is 2.28. The van der Waals surface area contributed by atoms with E-state index in [0.717, 1.165) is 32.1 Å². The van der Waals surface area contributed by atoms with Crippen molar-refractivity contribution >= 4 is 35.3 Å². The van der Waals surface area contributed by atoms with Crippen LogP contribution in [0.15, 0.2) is 12.4 Å². The summed E-state index contributed by atoms with van der Waals surface area (Å²) in [6.45, 7) is 8.69. The number of nitrogen functional groups attached to an aromatic ring is 1. The van der Waals surface area contributed by atoms with Crippen LogP contribution in [0.1, 0.15) is 83.5 Å². The van der Waals surface area contributed by atoms with Gasteiger partial charge in [0.05, 0.1) is 24.7 Å². The summed E-state index contributed by atoms with van der Waals surface area (Å²) in [4.78, 5) is 54.3. The monoisotopic (exact) mass is 505 g/mol. The fourth-order valence-electron chi connectivity index (χ4n) is 4.19. The minimum Gasteiger partial charge on any atom is -0.465 e. The van der Waals surface area contributed by atoms with Crippen LogP contribution in [0.3, 0.4) is 0 Å². The third-order valence-electron chi connectivity index (χ3n) is 5.81. The molecule has 0 spiro atoms. The molecule has 1 aromatic heterocycles. The highest BCUT2D eigenvalue weighted by molar-refractivity contribution is 6.01. The number of rotatable bonds is 8. The van der Waals surface area contributed by atoms with E-state index < -0.39 is 35.2 Å². The van der Waals surface area contributed by atoms with Gasteiger partial charge in [-0.05, 0) is 53.4 Å². The van der Waals surface area contributed by atoms with Crippen LogP contribution in [-0.2, 0) is 19.1 Å². The Hall–Kier alpha value is -3.37. The zero-order valence-corrected chi connectivity index (χ0v) is 22.0. The average molecular weight is 506 g/mol. The van der Waals surface area contributed by atoms with Crippen molar-refractivity contribution in [3.05, 3.63) is 18.0 Å². The number of nitrogens with zero attached hydrogens (tertiary/aromatic N) is 1. The van der Waals surface area contributed by atoms with Crippen molar-refractivity contribution in [3.63, 3.8) is 0 Å². The van der Waals surface area contributed by atoms with Crippen LogP contribution < -0.4 is 21.7 Å². The highest BCUT2D eigenvalue weighted by atomic mass is 16.6. The first-order chi connectivity index (χ1) is 16.7. The van der Waals surface area contributed by atoms with Gasteiger partial charge in [-0.3, -0.25) is 14.6 Å². The van der Waals surface area contributed by atoms with Gasteiger partial charge in [0.25, 0.3) is 0 Å². The number of nitrogens with one attached hydrogen (secondary N) is 3. The Morgan fingerprint density at radius 3 is 2.31 bits per heavy atom. The fourth-order valence-corrected chi connectivity index (χ4v) is 4.19. The van der Waals surface area contributed by atoms with Crippen LogP contribution >= 0.6 is 0 Å². The average Bonchev–Trinajstić information content (AvgIpc) is 2.77. The van der Waals surface area contributed by atoms with E-state index in [0.29, 0.717) is 0 Å². The lowest BCUT2D eigenvalue weighted by atomic mass is 9.83. The number of alkyl carbamates (subject to hydrolysis) is 1. The zero-order valence-electron chi connectivity index (χ0n) is 22.0. The second kappa shape index (κ2) is 12.0. The number of anilines is 2. The van der Waals surface area contributed by atoms with E-state index in [2.05, 4.69) is 25.7 Å². The standard InChI is InChI=1S/C25H39N5O6/c1-24(2,3)36-23(34)29-20(15-10-8-7-9-11-15)21(32)30-25(4,5)12-18(31)28-17-14-27-13-16(19(17)26)22(33)35-6/h13-15,20H,7-12H2,1-6H3,(H2,26,27)(H,28,31)(H,29,34)(H,30,32)/t20-/m0/s1. The second-order valence-corrected chi connectivity index (χ2v) is 10.8. The maximum Gasteiger partial charge on any atom is 0.408 e. The van der Waals surface area contributed by atoms with Gasteiger partial charge >= 0.3 is 12.1 Å². The Labute approximate surface area is 212 Å². The number of carbonyl (C=O) groups excluding carboxylic acids is 4. The van der Waals surface area contributed by atoms with Gasteiger partial charge in [0, 0.05) is 18.2 Å².